The third kappa shape index (κ3) is 3.09. The number of nitrogens with zero attached hydrogens (tertiary/aromatic N) is 3. The Morgan fingerprint density at radius 3 is 2.45 bits per heavy atom. The van der Waals surface area contributed by atoms with Crippen LogP contribution in [-0.2, 0) is 0 Å². The summed E-state index contributed by atoms with van der Waals surface area (Å²) in [6.45, 7) is 6.09. The van der Waals surface area contributed by atoms with Crippen molar-refractivity contribution >= 4 is 11.7 Å². The van der Waals surface area contributed by atoms with Gasteiger partial charge >= 0.3 is 0 Å². The number of benzene rings is 1. The number of amides is 1. The van der Waals surface area contributed by atoms with Gasteiger partial charge in [-0.25, -0.2) is 4.68 Å². The Bertz CT molecular complexity index is 709. The second-order valence-electron chi connectivity index (χ2n) is 5.52. The molecule has 0 aliphatic carbocycles. The molecule has 0 fully saturated rings. The monoisotopic (exact) mass is 297 g/mol. The second kappa shape index (κ2) is 6.31. The van der Waals surface area contributed by atoms with E-state index in [-0.39, 0.29) is 17.8 Å². The first kappa shape index (κ1) is 15.6. The fraction of sp³-hybridized carbons (Fsp3) is 0.312. The van der Waals surface area contributed by atoms with Crippen molar-refractivity contribution in [3.05, 3.63) is 41.6 Å². The molecule has 0 spiro atoms. The summed E-state index contributed by atoms with van der Waals surface area (Å²) in [4.78, 5) is 12.1. The van der Waals surface area contributed by atoms with Crippen molar-refractivity contribution in [1.82, 2.24) is 15.1 Å². The smallest absolute Gasteiger partial charge is 0.251 e. The van der Waals surface area contributed by atoms with Crippen LogP contribution in [0.5, 0.6) is 0 Å². The van der Waals surface area contributed by atoms with Crippen molar-refractivity contribution in [2.45, 2.75) is 26.8 Å². The lowest BCUT2D eigenvalue weighted by atomic mass is 10.1. The molecule has 0 aliphatic rings. The number of carbonyl (C=O) groups is 1. The number of carbonyl (C=O) groups excluding carboxylic acids is 1. The molecule has 0 saturated carbocycles. The van der Waals surface area contributed by atoms with Gasteiger partial charge in [-0.3, -0.25) is 4.79 Å². The van der Waals surface area contributed by atoms with Gasteiger partial charge in [0.15, 0.2) is 0 Å². The maximum absolute atomic E-state index is 12.1. The lowest BCUT2D eigenvalue weighted by Crippen LogP contribution is -2.36. The average Bonchev–Trinajstić information content (AvgIpc) is 2.88. The van der Waals surface area contributed by atoms with E-state index in [1.54, 1.807) is 24.3 Å². The summed E-state index contributed by atoms with van der Waals surface area (Å²) >= 11 is 0. The first-order valence-electron chi connectivity index (χ1n) is 7.09. The maximum Gasteiger partial charge on any atom is 0.251 e. The Kier molecular flexibility index (Phi) is 4.47. The van der Waals surface area contributed by atoms with E-state index in [0.717, 1.165) is 0 Å². The van der Waals surface area contributed by atoms with Crippen LogP contribution >= 0.6 is 0 Å². The standard InChI is InChI=1S/C16H19N5O/c1-10(2)11(3)20-16(22)12-4-6-14(7-5-12)21-15(18)13(8-17)9-19-21/h4-7,9-11H,18H2,1-3H3,(H,20,22)/t11-/m1/s1. The van der Waals surface area contributed by atoms with E-state index in [1.807, 2.05) is 13.0 Å². The van der Waals surface area contributed by atoms with Crippen LogP contribution in [0.25, 0.3) is 5.69 Å². The van der Waals surface area contributed by atoms with E-state index in [0.29, 0.717) is 22.7 Å². The quantitative estimate of drug-likeness (QED) is 0.903. The Balaban J connectivity index is 2.18. The van der Waals surface area contributed by atoms with E-state index < -0.39 is 0 Å². The van der Waals surface area contributed by atoms with Crippen molar-refractivity contribution in [2.75, 3.05) is 5.73 Å². The highest BCUT2D eigenvalue weighted by Gasteiger charge is 2.13. The highest BCUT2D eigenvalue weighted by atomic mass is 16.1. The molecule has 3 N–H and O–H groups in total. The van der Waals surface area contributed by atoms with Crippen molar-refractivity contribution < 1.29 is 4.79 Å². The average molecular weight is 297 g/mol. The zero-order valence-electron chi connectivity index (χ0n) is 12.9. The van der Waals surface area contributed by atoms with E-state index in [9.17, 15) is 4.79 Å². The lowest BCUT2D eigenvalue weighted by molar-refractivity contribution is 0.0930. The number of nitrogens with two attached hydrogens (primary N) is 1. The topological polar surface area (TPSA) is 96.7 Å². The van der Waals surface area contributed by atoms with Gasteiger partial charge in [-0.1, -0.05) is 13.8 Å². The van der Waals surface area contributed by atoms with E-state index in [4.69, 9.17) is 11.0 Å². The third-order valence-corrected chi connectivity index (χ3v) is 3.66. The predicted octanol–water partition coefficient (Wildman–Crippen LogP) is 2.10. The first-order valence-corrected chi connectivity index (χ1v) is 7.09. The van der Waals surface area contributed by atoms with Crippen molar-refractivity contribution in [2.24, 2.45) is 5.92 Å². The highest BCUT2D eigenvalue weighted by Crippen LogP contribution is 2.17. The Labute approximate surface area is 129 Å². The van der Waals surface area contributed by atoms with Gasteiger partial charge in [0.1, 0.15) is 17.5 Å². The molecule has 0 radical (unpaired) electrons. The number of aromatic nitrogens is 2. The molecule has 0 unspecified atom stereocenters. The minimum absolute atomic E-state index is 0.104. The number of anilines is 1. The summed E-state index contributed by atoms with van der Waals surface area (Å²) in [6, 6.07) is 9.00. The zero-order chi connectivity index (χ0) is 16.3. The molecule has 1 aromatic carbocycles. The van der Waals surface area contributed by atoms with Crippen LogP contribution in [0.2, 0.25) is 0 Å². The molecule has 1 amide bonds. The number of hydrogen-bond donors (Lipinski definition) is 2. The van der Waals surface area contributed by atoms with Crippen molar-refractivity contribution in [1.29, 1.82) is 5.26 Å². The van der Waals surface area contributed by atoms with Gasteiger partial charge in [-0.15, -0.1) is 0 Å². The molecule has 0 saturated heterocycles. The SMILES string of the molecule is CC(C)[C@@H](C)NC(=O)c1ccc(-n2ncc(C#N)c2N)cc1. The van der Waals surface area contributed by atoms with Gasteiger partial charge in [-0.05, 0) is 37.1 Å². The van der Waals surface area contributed by atoms with Gasteiger partial charge in [0.25, 0.3) is 5.91 Å². The van der Waals surface area contributed by atoms with Gasteiger partial charge in [0.05, 0.1) is 11.9 Å². The molecule has 1 aromatic heterocycles. The molecule has 2 aromatic rings. The second-order valence-corrected chi connectivity index (χ2v) is 5.52. The minimum atomic E-state index is -0.112. The molecule has 0 aliphatic heterocycles. The number of hydrogen-bond acceptors (Lipinski definition) is 4. The summed E-state index contributed by atoms with van der Waals surface area (Å²) in [5, 5.41) is 15.9. The van der Waals surface area contributed by atoms with E-state index in [1.165, 1.54) is 10.9 Å². The number of nitrogens with one attached hydrogen (secondary N) is 1. The first-order chi connectivity index (χ1) is 10.4. The maximum atomic E-state index is 12.1. The molecular formula is C16H19N5O. The Morgan fingerprint density at radius 1 is 1.32 bits per heavy atom. The van der Waals surface area contributed by atoms with Crippen molar-refractivity contribution in [3.63, 3.8) is 0 Å². The van der Waals surface area contributed by atoms with E-state index in [2.05, 4.69) is 24.3 Å². The minimum Gasteiger partial charge on any atom is -0.382 e. The van der Waals surface area contributed by atoms with Crippen LogP contribution in [0.3, 0.4) is 0 Å². The van der Waals surface area contributed by atoms with Gasteiger partial charge in [0.2, 0.25) is 0 Å². The zero-order valence-corrected chi connectivity index (χ0v) is 12.9. The van der Waals surface area contributed by atoms with Crippen LogP contribution in [0.15, 0.2) is 30.5 Å². The van der Waals surface area contributed by atoms with E-state index >= 15 is 0 Å². The lowest BCUT2D eigenvalue weighted by Gasteiger charge is -2.17. The van der Waals surface area contributed by atoms with Crippen LogP contribution in [0, 0.1) is 17.2 Å². The molecular weight excluding hydrogens is 278 g/mol. The summed E-state index contributed by atoms with van der Waals surface area (Å²) in [7, 11) is 0. The van der Waals surface area contributed by atoms with Gasteiger partial charge < -0.3 is 11.1 Å². The Morgan fingerprint density at radius 2 is 1.95 bits per heavy atom. The largest absolute Gasteiger partial charge is 0.382 e. The van der Waals surface area contributed by atoms with Crippen molar-refractivity contribution in [3.8, 4) is 11.8 Å². The fourth-order valence-corrected chi connectivity index (χ4v) is 1.86. The summed E-state index contributed by atoms with van der Waals surface area (Å²) in [6.07, 6.45) is 1.42. The normalized spacial score (nSPS) is 12.0. The fourth-order valence-electron chi connectivity index (χ4n) is 1.86. The number of rotatable bonds is 4. The molecule has 1 heterocycles. The molecule has 1 atom stereocenters. The third-order valence-electron chi connectivity index (χ3n) is 3.66. The molecule has 0 bridgehead atoms. The summed E-state index contributed by atoms with van der Waals surface area (Å²) in [5.74, 6) is 0.545. The van der Waals surface area contributed by atoms with Gasteiger partial charge in [0, 0.05) is 11.6 Å². The predicted molar refractivity (Wildman–Crippen MR) is 84.5 cm³/mol. The molecule has 114 valence electrons. The summed E-state index contributed by atoms with van der Waals surface area (Å²) < 4.78 is 1.47. The molecule has 6 heteroatoms. The van der Waals surface area contributed by atoms with Crippen LogP contribution in [-0.4, -0.2) is 21.7 Å². The summed E-state index contributed by atoms with van der Waals surface area (Å²) in [5.41, 5.74) is 7.44. The molecule has 6 nitrogen and oxygen atoms in total. The number of nitriles is 1. The van der Waals surface area contributed by atoms with Crippen LogP contribution < -0.4 is 11.1 Å². The highest BCUT2D eigenvalue weighted by molar-refractivity contribution is 5.94. The van der Waals surface area contributed by atoms with Crippen LogP contribution in [0.4, 0.5) is 5.82 Å². The van der Waals surface area contributed by atoms with Gasteiger partial charge in [-0.2, -0.15) is 10.4 Å². The number of nitrogen functional groups attached to an aromatic ring is 1. The molecule has 2 rings (SSSR count). The van der Waals surface area contributed by atoms with Crippen LogP contribution in [0.1, 0.15) is 36.7 Å². The Hall–Kier alpha value is -2.81. The molecule has 22 heavy (non-hydrogen) atoms.